The molecule has 2 heterocycles. The van der Waals surface area contributed by atoms with Gasteiger partial charge in [-0.2, -0.15) is 13.2 Å². The monoisotopic (exact) mass is 546 g/mol. The fourth-order valence-corrected chi connectivity index (χ4v) is 4.98. The average molecular weight is 547 g/mol. The molecule has 0 spiro atoms. The summed E-state index contributed by atoms with van der Waals surface area (Å²) in [6.45, 7) is 1.90. The minimum absolute atomic E-state index is 0.0585. The summed E-state index contributed by atoms with van der Waals surface area (Å²) in [6, 6.07) is 14.0. The van der Waals surface area contributed by atoms with Crippen molar-refractivity contribution in [2.75, 3.05) is 25.3 Å². The van der Waals surface area contributed by atoms with Crippen LogP contribution in [0.25, 0.3) is 21.1 Å². The maximum Gasteiger partial charge on any atom is 0.416 e. The number of anilines is 1. The van der Waals surface area contributed by atoms with Gasteiger partial charge < -0.3 is 14.8 Å². The highest BCUT2D eigenvalue weighted by atomic mass is 32.2. The third kappa shape index (κ3) is 6.38. The number of amides is 1. The zero-order valence-electron chi connectivity index (χ0n) is 19.9. The van der Waals surface area contributed by atoms with Crippen molar-refractivity contribution >= 4 is 34.7 Å². The molecule has 12 heteroatoms. The van der Waals surface area contributed by atoms with Crippen LogP contribution in [-0.2, 0) is 11.0 Å². The molecule has 0 atom stereocenters. The molecule has 0 aliphatic carbocycles. The Hall–Kier alpha value is -3.64. The van der Waals surface area contributed by atoms with Crippen molar-refractivity contribution in [2.24, 2.45) is 0 Å². The summed E-state index contributed by atoms with van der Waals surface area (Å²) >= 11 is 2.59. The molecular formula is C25H21F3N4O3S2. The zero-order valence-corrected chi connectivity index (χ0v) is 21.6. The van der Waals surface area contributed by atoms with Crippen LogP contribution >= 0.6 is 23.1 Å². The summed E-state index contributed by atoms with van der Waals surface area (Å²) in [4.78, 5) is 17.9. The molecule has 192 valence electrons. The zero-order chi connectivity index (χ0) is 26.6. The lowest BCUT2D eigenvalue weighted by Gasteiger charge is -2.13. The number of ether oxygens (including phenoxy) is 2. The Morgan fingerprint density at radius 3 is 2.54 bits per heavy atom. The number of thioether (sulfide) groups is 1. The van der Waals surface area contributed by atoms with Crippen LogP contribution in [0.15, 0.2) is 59.6 Å². The van der Waals surface area contributed by atoms with Crippen LogP contribution in [0.5, 0.6) is 11.5 Å². The summed E-state index contributed by atoms with van der Waals surface area (Å²) in [5.74, 6) is 0.287. The van der Waals surface area contributed by atoms with Crippen LogP contribution in [0.3, 0.4) is 0 Å². The normalized spacial score (nSPS) is 11.3. The summed E-state index contributed by atoms with van der Waals surface area (Å²) in [5, 5.41) is 12.2. The number of nitrogens with one attached hydrogen (secondary N) is 1. The molecule has 1 N–H and O–H groups in total. The first kappa shape index (κ1) is 26.4. The highest BCUT2D eigenvalue weighted by molar-refractivity contribution is 7.99. The Balaban J connectivity index is 1.41. The van der Waals surface area contributed by atoms with E-state index in [1.807, 2.05) is 31.2 Å². The second kappa shape index (κ2) is 11.2. The lowest BCUT2D eigenvalue weighted by Crippen LogP contribution is -2.16. The molecule has 0 aliphatic heterocycles. The van der Waals surface area contributed by atoms with Crippen molar-refractivity contribution in [1.29, 1.82) is 0 Å². The molecule has 1 amide bonds. The van der Waals surface area contributed by atoms with Crippen LogP contribution in [0, 0.1) is 6.92 Å². The fourth-order valence-electron chi connectivity index (χ4n) is 3.34. The molecule has 0 unspecified atom stereocenters. The Morgan fingerprint density at radius 2 is 1.86 bits per heavy atom. The maximum absolute atomic E-state index is 13.0. The molecular weight excluding hydrogens is 525 g/mol. The highest BCUT2D eigenvalue weighted by Crippen LogP contribution is 2.36. The third-order valence-corrected chi connectivity index (χ3v) is 7.29. The van der Waals surface area contributed by atoms with E-state index in [1.165, 1.54) is 18.4 Å². The standard InChI is InChI=1S/C25H21F3N4O3S2/c1-14-23(37-24(29-14)15-5-4-6-17(11-15)34-2)18-8-10-22(32-31-18)36-13-21(33)30-19-12-16(25(26,27)28)7-9-20(19)35-3/h4-12H,13H2,1-3H3,(H,30,33). The predicted molar refractivity (Wildman–Crippen MR) is 137 cm³/mol. The van der Waals surface area contributed by atoms with E-state index >= 15 is 0 Å². The lowest BCUT2D eigenvalue weighted by atomic mass is 10.2. The molecule has 37 heavy (non-hydrogen) atoms. The van der Waals surface area contributed by atoms with Crippen LogP contribution in [0.1, 0.15) is 11.3 Å². The lowest BCUT2D eigenvalue weighted by molar-refractivity contribution is -0.137. The second-order valence-electron chi connectivity index (χ2n) is 7.67. The number of aryl methyl sites for hydroxylation is 1. The van der Waals surface area contributed by atoms with Gasteiger partial charge in [-0.15, -0.1) is 21.5 Å². The quantitative estimate of drug-likeness (QED) is 0.258. The molecule has 4 aromatic rings. The number of carbonyl (C=O) groups is 1. The number of hydrogen-bond acceptors (Lipinski definition) is 8. The predicted octanol–water partition coefficient (Wildman–Crippen LogP) is 6.34. The van der Waals surface area contributed by atoms with Crippen molar-refractivity contribution in [3.63, 3.8) is 0 Å². The van der Waals surface area contributed by atoms with E-state index in [0.29, 0.717) is 10.7 Å². The number of rotatable bonds is 8. The number of aromatic nitrogens is 3. The number of methoxy groups -OCH3 is 2. The van der Waals surface area contributed by atoms with Gasteiger partial charge in [0.2, 0.25) is 5.91 Å². The minimum atomic E-state index is -4.54. The number of alkyl halides is 3. The molecule has 7 nitrogen and oxygen atoms in total. The Kier molecular flexibility index (Phi) is 7.98. The first-order valence-corrected chi connectivity index (χ1v) is 12.6. The SMILES string of the molecule is COc1cccc(-c2nc(C)c(-c3ccc(SCC(=O)Nc4cc(C(F)(F)F)ccc4OC)nn3)s2)c1. The minimum Gasteiger partial charge on any atom is -0.497 e. The number of nitrogens with zero attached hydrogens (tertiary/aromatic N) is 3. The number of benzene rings is 2. The van der Waals surface area contributed by atoms with E-state index < -0.39 is 17.6 Å². The molecule has 0 saturated carbocycles. The van der Waals surface area contributed by atoms with Gasteiger partial charge in [-0.25, -0.2) is 4.98 Å². The van der Waals surface area contributed by atoms with Gasteiger partial charge in [0.15, 0.2) is 0 Å². The van der Waals surface area contributed by atoms with Crippen molar-refractivity contribution in [2.45, 2.75) is 18.1 Å². The molecule has 0 aliphatic rings. The van der Waals surface area contributed by atoms with Gasteiger partial charge in [0, 0.05) is 5.56 Å². The molecule has 0 bridgehead atoms. The van der Waals surface area contributed by atoms with E-state index in [0.717, 1.165) is 56.9 Å². The van der Waals surface area contributed by atoms with Crippen molar-refractivity contribution in [1.82, 2.24) is 15.2 Å². The average Bonchev–Trinajstić information content (AvgIpc) is 3.28. The van der Waals surface area contributed by atoms with Crippen molar-refractivity contribution in [3.05, 3.63) is 65.9 Å². The van der Waals surface area contributed by atoms with Gasteiger partial charge in [-0.3, -0.25) is 4.79 Å². The topological polar surface area (TPSA) is 86.2 Å². The highest BCUT2D eigenvalue weighted by Gasteiger charge is 2.31. The smallest absolute Gasteiger partial charge is 0.416 e. The summed E-state index contributed by atoms with van der Waals surface area (Å²) in [6.07, 6.45) is -4.54. The Morgan fingerprint density at radius 1 is 1.05 bits per heavy atom. The van der Waals surface area contributed by atoms with Crippen molar-refractivity contribution < 1.29 is 27.4 Å². The van der Waals surface area contributed by atoms with Crippen LogP contribution in [-0.4, -0.2) is 41.1 Å². The second-order valence-corrected chi connectivity index (χ2v) is 9.67. The van der Waals surface area contributed by atoms with Gasteiger partial charge in [-0.1, -0.05) is 23.9 Å². The summed E-state index contributed by atoms with van der Waals surface area (Å²) in [5.41, 5.74) is 1.45. The number of halogens is 3. The molecule has 0 fully saturated rings. The van der Waals surface area contributed by atoms with Crippen LogP contribution < -0.4 is 14.8 Å². The van der Waals surface area contributed by atoms with Gasteiger partial charge in [-0.05, 0) is 49.4 Å². The van der Waals surface area contributed by atoms with Gasteiger partial charge in [0.25, 0.3) is 0 Å². The number of hydrogen-bond donors (Lipinski definition) is 1. The molecule has 4 rings (SSSR count). The first-order valence-electron chi connectivity index (χ1n) is 10.8. The third-order valence-electron chi connectivity index (χ3n) is 5.14. The van der Waals surface area contributed by atoms with E-state index in [9.17, 15) is 18.0 Å². The molecule has 0 saturated heterocycles. The van der Waals surface area contributed by atoms with E-state index in [1.54, 1.807) is 19.2 Å². The number of carbonyl (C=O) groups excluding carboxylic acids is 1. The fraction of sp³-hybridized carbons (Fsp3) is 0.200. The van der Waals surface area contributed by atoms with Crippen LogP contribution in [0.2, 0.25) is 0 Å². The number of thiazole rings is 1. The first-order chi connectivity index (χ1) is 17.7. The Labute approximate surface area is 219 Å². The van der Waals surface area contributed by atoms with E-state index in [-0.39, 0.29) is 17.2 Å². The maximum atomic E-state index is 13.0. The van der Waals surface area contributed by atoms with Crippen LogP contribution in [0.4, 0.5) is 18.9 Å². The van der Waals surface area contributed by atoms with Gasteiger partial charge in [0.05, 0.1) is 41.8 Å². The molecule has 2 aromatic heterocycles. The van der Waals surface area contributed by atoms with Gasteiger partial charge >= 0.3 is 6.18 Å². The largest absolute Gasteiger partial charge is 0.497 e. The van der Waals surface area contributed by atoms with Crippen molar-refractivity contribution in [3.8, 4) is 32.6 Å². The summed E-state index contributed by atoms with van der Waals surface area (Å²) < 4.78 is 49.4. The van der Waals surface area contributed by atoms with Gasteiger partial charge in [0.1, 0.15) is 27.2 Å². The molecule has 0 radical (unpaired) electrons. The van der Waals surface area contributed by atoms with E-state index in [2.05, 4.69) is 20.5 Å². The summed E-state index contributed by atoms with van der Waals surface area (Å²) in [7, 11) is 2.92. The van der Waals surface area contributed by atoms with E-state index in [4.69, 9.17) is 9.47 Å². The molecule has 2 aromatic carbocycles. The Bertz CT molecular complexity index is 1410.